The van der Waals surface area contributed by atoms with Gasteiger partial charge in [-0.3, -0.25) is 0 Å². The van der Waals surface area contributed by atoms with E-state index in [1.54, 1.807) is 0 Å². The largest absolute Gasteiger partial charge is 0.399 e. The maximum atomic E-state index is 11.1. The molecule has 152 valence electrons. The number of hydrogen-bond acceptors (Lipinski definition) is 6. The number of aromatic nitrogens is 4. The zero-order valence-electron chi connectivity index (χ0n) is 16.8. The average Bonchev–Trinajstić information content (AvgIpc) is 3.13. The number of nitrogens with zero attached hydrogens (tertiary/aromatic N) is 4. The van der Waals surface area contributed by atoms with E-state index in [0.717, 1.165) is 79.3 Å². The molecule has 0 radical (unpaired) electrons. The number of rotatable bonds is 7. The Morgan fingerprint density at radius 3 is 2.66 bits per heavy atom. The fourth-order valence-corrected chi connectivity index (χ4v) is 3.98. The molecule has 0 aliphatic heterocycles. The second-order valence-corrected chi connectivity index (χ2v) is 7.83. The molecule has 1 aromatic carbocycles. The summed E-state index contributed by atoms with van der Waals surface area (Å²) >= 11 is 0. The van der Waals surface area contributed by atoms with Crippen LogP contribution in [0, 0.1) is 5.92 Å². The summed E-state index contributed by atoms with van der Waals surface area (Å²) in [5.41, 5.74) is 9.30. The van der Waals surface area contributed by atoms with Crippen LogP contribution in [0.5, 0.6) is 0 Å². The molecule has 7 heteroatoms. The van der Waals surface area contributed by atoms with Gasteiger partial charge in [-0.15, -0.1) is 0 Å². The summed E-state index contributed by atoms with van der Waals surface area (Å²) in [5.74, 6) is 0.808. The first-order valence-corrected chi connectivity index (χ1v) is 10.5. The van der Waals surface area contributed by atoms with Crippen LogP contribution in [0.3, 0.4) is 0 Å². The molecule has 29 heavy (non-hydrogen) atoms. The Labute approximate surface area is 170 Å². The van der Waals surface area contributed by atoms with Crippen LogP contribution in [-0.4, -0.2) is 32.6 Å². The highest BCUT2D eigenvalue weighted by Crippen LogP contribution is 2.35. The summed E-state index contributed by atoms with van der Waals surface area (Å²) in [6, 6.07) is 7.99. The first-order chi connectivity index (χ1) is 14.2. The molecule has 0 atom stereocenters. The number of nitrogens with one attached hydrogen (secondary N) is 1. The van der Waals surface area contributed by atoms with Crippen molar-refractivity contribution in [1.29, 1.82) is 0 Å². The lowest BCUT2D eigenvalue weighted by Gasteiger charge is -2.25. The Balaban J connectivity index is 1.74. The number of aldehydes is 1. The van der Waals surface area contributed by atoms with Gasteiger partial charge in [0.1, 0.15) is 12.0 Å². The molecule has 0 amide bonds. The summed E-state index contributed by atoms with van der Waals surface area (Å²) in [7, 11) is 0. The van der Waals surface area contributed by atoms with E-state index in [1.165, 1.54) is 0 Å². The van der Waals surface area contributed by atoms with Gasteiger partial charge in [0.2, 0.25) is 5.95 Å². The van der Waals surface area contributed by atoms with Crippen molar-refractivity contribution >= 4 is 29.0 Å². The van der Waals surface area contributed by atoms with Crippen LogP contribution in [0.2, 0.25) is 0 Å². The summed E-state index contributed by atoms with van der Waals surface area (Å²) in [6.07, 6.45) is 8.83. The number of carbonyl (C=O) groups is 1. The Hall–Kier alpha value is -2.96. The third-order valence-electron chi connectivity index (χ3n) is 5.73. The minimum absolute atomic E-state index is 0.172. The van der Waals surface area contributed by atoms with Crippen LogP contribution >= 0.6 is 0 Å². The number of carbonyl (C=O) groups excluding carboxylic acids is 1. The smallest absolute Gasteiger partial charge is 0.224 e. The minimum Gasteiger partial charge on any atom is -0.399 e. The first kappa shape index (κ1) is 19.4. The van der Waals surface area contributed by atoms with Gasteiger partial charge >= 0.3 is 0 Å². The number of nitrogen functional groups attached to an aromatic ring is 1. The van der Waals surface area contributed by atoms with Gasteiger partial charge in [0.15, 0.2) is 5.65 Å². The van der Waals surface area contributed by atoms with Crippen molar-refractivity contribution in [2.45, 2.75) is 51.5 Å². The topological polar surface area (TPSA) is 98.7 Å². The van der Waals surface area contributed by atoms with Crippen molar-refractivity contribution in [3.8, 4) is 11.3 Å². The molecule has 1 aliphatic carbocycles. The summed E-state index contributed by atoms with van der Waals surface area (Å²) < 4.78 is 2.05. The van der Waals surface area contributed by atoms with Gasteiger partial charge < -0.3 is 15.8 Å². The van der Waals surface area contributed by atoms with Gasteiger partial charge in [-0.1, -0.05) is 25.5 Å². The van der Waals surface area contributed by atoms with Gasteiger partial charge in [-0.25, -0.2) is 9.67 Å². The minimum atomic E-state index is 0.172. The second-order valence-electron chi connectivity index (χ2n) is 7.83. The van der Waals surface area contributed by atoms with E-state index in [4.69, 9.17) is 15.8 Å². The molecule has 1 aliphatic rings. The lowest BCUT2D eigenvalue weighted by Crippen LogP contribution is -2.20. The molecule has 0 spiro atoms. The van der Waals surface area contributed by atoms with Gasteiger partial charge in [-0.2, -0.15) is 10.1 Å². The monoisotopic (exact) mass is 392 g/mol. The Morgan fingerprint density at radius 2 is 1.97 bits per heavy atom. The zero-order valence-corrected chi connectivity index (χ0v) is 16.8. The van der Waals surface area contributed by atoms with E-state index < -0.39 is 0 Å². The van der Waals surface area contributed by atoms with E-state index in [-0.39, 0.29) is 12.0 Å². The molecule has 1 fully saturated rings. The molecule has 0 unspecified atom stereocenters. The predicted molar refractivity (Wildman–Crippen MR) is 116 cm³/mol. The molecule has 2 aromatic heterocycles. The molecular weight excluding hydrogens is 364 g/mol. The van der Waals surface area contributed by atoms with Gasteiger partial charge in [0.05, 0.1) is 11.4 Å². The molecule has 0 bridgehead atoms. The van der Waals surface area contributed by atoms with Crippen molar-refractivity contribution in [1.82, 2.24) is 19.7 Å². The van der Waals surface area contributed by atoms with E-state index in [9.17, 15) is 4.79 Å². The number of nitrogens with two attached hydrogens (primary N) is 1. The Kier molecular flexibility index (Phi) is 5.74. The number of anilines is 2. The summed E-state index contributed by atoms with van der Waals surface area (Å²) in [4.78, 5) is 20.5. The van der Waals surface area contributed by atoms with Crippen LogP contribution < -0.4 is 11.1 Å². The average molecular weight is 393 g/mol. The lowest BCUT2D eigenvalue weighted by molar-refractivity contribution is -0.112. The number of benzene rings is 1. The predicted octanol–water partition coefficient (Wildman–Crippen LogP) is 4.22. The standard InChI is InChI=1S/C22H28N6O/c1-2-3-12-24-22-25-13-19-20(16-6-8-17(23)9-7-16)27-28(21(19)26-22)18-10-4-15(14-29)5-11-18/h6-9,13-15,18H,2-5,10-12,23H2,1H3,(H,24,25,26). The molecule has 3 aromatic rings. The molecule has 1 saturated carbocycles. The van der Waals surface area contributed by atoms with Crippen LogP contribution in [-0.2, 0) is 4.79 Å². The van der Waals surface area contributed by atoms with Crippen LogP contribution in [0.4, 0.5) is 11.6 Å². The molecule has 2 heterocycles. The quantitative estimate of drug-likeness (QED) is 0.355. The highest BCUT2D eigenvalue weighted by atomic mass is 16.1. The first-order valence-electron chi connectivity index (χ1n) is 10.5. The molecule has 4 rings (SSSR count). The fourth-order valence-electron chi connectivity index (χ4n) is 3.98. The van der Waals surface area contributed by atoms with E-state index in [1.807, 2.05) is 30.5 Å². The normalized spacial score (nSPS) is 19.3. The van der Waals surface area contributed by atoms with Crippen LogP contribution in [0.25, 0.3) is 22.3 Å². The van der Waals surface area contributed by atoms with E-state index in [2.05, 4.69) is 21.9 Å². The molecule has 7 nitrogen and oxygen atoms in total. The SMILES string of the molecule is CCCCNc1ncc2c(-c3ccc(N)cc3)nn(C3CCC(C=O)CC3)c2n1. The van der Waals surface area contributed by atoms with Crippen LogP contribution in [0.15, 0.2) is 30.5 Å². The third kappa shape index (κ3) is 4.09. The second kappa shape index (κ2) is 8.59. The maximum absolute atomic E-state index is 11.1. The molecule has 0 saturated heterocycles. The lowest BCUT2D eigenvalue weighted by atomic mass is 9.87. The summed E-state index contributed by atoms with van der Waals surface area (Å²) in [6.45, 7) is 3.01. The number of fused-ring (bicyclic) bond motifs is 1. The van der Waals surface area contributed by atoms with E-state index >= 15 is 0 Å². The van der Waals surface area contributed by atoms with Crippen molar-refractivity contribution in [2.75, 3.05) is 17.6 Å². The molecular formula is C22H28N6O. The Bertz CT molecular complexity index is 973. The van der Waals surface area contributed by atoms with Crippen LogP contribution in [0.1, 0.15) is 51.5 Å². The third-order valence-corrected chi connectivity index (χ3v) is 5.73. The summed E-state index contributed by atoms with van der Waals surface area (Å²) in [5, 5.41) is 9.21. The zero-order chi connectivity index (χ0) is 20.2. The van der Waals surface area contributed by atoms with Gasteiger partial charge in [0, 0.05) is 29.9 Å². The van der Waals surface area contributed by atoms with Crippen molar-refractivity contribution < 1.29 is 4.79 Å². The number of hydrogen-bond donors (Lipinski definition) is 2. The van der Waals surface area contributed by atoms with E-state index in [0.29, 0.717) is 5.95 Å². The Morgan fingerprint density at radius 1 is 1.21 bits per heavy atom. The highest BCUT2D eigenvalue weighted by Gasteiger charge is 2.26. The van der Waals surface area contributed by atoms with Gasteiger partial charge in [-0.05, 0) is 44.2 Å². The van der Waals surface area contributed by atoms with Crippen molar-refractivity contribution in [3.63, 3.8) is 0 Å². The highest BCUT2D eigenvalue weighted by molar-refractivity contribution is 5.91. The maximum Gasteiger partial charge on any atom is 0.224 e. The fraction of sp³-hybridized carbons (Fsp3) is 0.455. The van der Waals surface area contributed by atoms with Crippen molar-refractivity contribution in [3.05, 3.63) is 30.5 Å². The number of unbranched alkanes of at least 4 members (excludes halogenated alkanes) is 1. The van der Waals surface area contributed by atoms with Crippen molar-refractivity contribution in [2.24, 2.45) is 5.92 Å². The van der Waals surface area contributed by atoms with Gasteiger partial charge in [0.25, 0.3) is 0 Å². The molecule has 3 N–H and O–H groups in total.